The summed E-state index contributed by atoms with van der Waals surface area (Å²) >= 11 is 0. The maximum atomic E-state index is 15.4. The third kappa shape index (κ3) is 25.6. The Morgan fingerprint density at radius 2 is 0.938 bits per heavy atom. The molecule has 0 aliphatic carbocycles. The van der Waals surface area contributed by atoms with Crippen LogP contribution in [-0.4, -0.2) is 251 Å². The molecule has 0 saturated carbocycles. The van der Waals surface area contributed by atoms with Gasteiger partial charge in [-0.2, -0.15) is 0 Å². The van der Waals surface area contributed by atoms with Crippen molar-refractivity contribution < 1.29 is 72.1 Å². The molecular weight excluding hydrogens is 1230 g/mol. The van der Waals surface area contributed by atoms with Crippen LogP contribution in [0.1, 0.15) is 183 Å². The minimum atomic E-state index is -1.70. The maximum Gasteiger partial charge on any atom is 0.332 e. The van der Waals surface area contributed by atoms with Crippen LogP contribution in [0.25, 0.3) is 0 Å². The molecule has 0 unspecified atom stereocenters. The van der Waals surface area contributed by atoms with Crippen molar-refractivity contribution in [3.8, 4) is 0 Å². The highest BCUT2D eigenvalue weighted by Gasteiger charge is 2.46. The Kier molecular flexibility index (Phi) is 36.0. The molecule has 13 atom stereocenters. The first-order valence-corrected chi connectivity index (χ1v) is 34.4. The van der Waals surface area contributed by atoms with Crippen LogP contribution < -0.4 is 21.3 Å². The van der Waals surface area contributed by atoms with E-state index in [1.54, 1.807) is 81.4 Å². The van der Waals surface area contributed by atoms with Crippen molar-refractivity contribution in [1.82, 2.24) is 55.6 Å². The lowest BCUT2D eigenvalue weighted by Gasteiger charge is -2.41. The first kappa shape index (κ1) is 87.3. The largest absolute Gasteiger partial charge is 0.458 e. The predicted octanol–water partition coefficient (Wildman–Crippen LogP) is 4.39. The average Bonchev–Trinajstić information content (AvgIpc) is 0.811. The molecule has 1 heterocycles. The van der Waals surface area contributed by atoms with Gasteiger partial charge in [0.1, 0.15) is 78.7 Å². The number of hydrogen-bond acceptors (Lipinski definition) is 15. The van der Waals surface area contributed by atoms with Gasteiger partial charge in [-0.05, 0) is 128 Å². The number of aliphatic hydroxyl groups excluding tert-OH is 1. The van der Waals surface area contributed by atoms with Crippen LogP contribution in [-0.2, 0) is 67.0 Å². The number of carbonyl (C=O) groups excluding carboxylic acids is 12. The number of nitrogens with zero attached hydrogens (tertiary/aromatic N) is 7. The van der Waals surface area contributed by atoms with Gasteiger partial charge in [0.25, 0.3) is 0 Å². The van der Waals surface area contributed by atoms with Gasteiger partial charge in [0.2, 0.25) is 65.0 Å². The zero-order valence-corrected chi connectivity index (χ0v) is 63.3. The zero-order chi connectivity index (χ0) is 74.5. The maximum absolute atomic E-state index is 15.4. The summed E-state index contributed by atoms with van der Waals surface area (Å²) in [5.74, 6) is -11.4. The minimum Gasteiger partial charge on any atom is -0.458 e. The smallest absolute Gasteiger partial charge is 0.332 e. The van der Waals surface area contributed by atoms with Gasteiger partial charge >= 0.3 is 5.97 Å². The second-order valence-electron chi connectivity index (χ2n) is 29.8. The molecular formula is C70H125N11O15. The van der Waals surface area contributed by atoms with Crippen LogP contribution in [0.2, 0.25) is 0 Å². The summed E-state index contributed by atoms with van der Waals surface area (Å²) in [7, 11) is 9.70. The second kappa shape index (κ2) is 39.6. The van der Waals surface area contributed by atoms with Crippen LogP contribution in [0.15, 0.2) is 12.2 Å². The van der Waals surface area contributed by atoms with Crippen molar-refractivity contribution in [1.29, 1.82) is 0 Å². The molecule has 1 fully saturated rings. The number of nitrogens with one attached hydrogen (secondary N) is 4. The molecule has 0 aromatic carbocycles. The Balaban J connectivity index is 4.59. The molecule has 1 aliphatic heterocycles. The topological polar surface area (TPSA) is 314 Å². The Labute approximate surface area is 574 Å². The number of likely N-dealkylation sites (N-methyl/N-ethyl adjacent to an activating group) is 7. The van der Waals surface area contributed by atoms with E-state index in [1.807, 2.05) is 55.4 Å². The molecule has 26 heteroatoms. The van der Waals surface area contributed by atoms with E-state index in [9.17, 15) is 33.9 Å². The van der Waals surface area contributed by atoms with Gasteiger partial charge in [-0.15, -0.1) is 0 Å². The van der Waals surface area contributed by atoms with Gasteiger partial charge in [-0.3, -0.25) is 52.7 Å². The first-order chi connectivity index (χ1) is 44.2. The number of aliphatic hydroxyl groups is 1. The van der Waals surface area contributed by atoms with Gasteiger partial charge in [0, 0.05) is 49.3 Å². The number of esters is 1. The molecule has 11 amide bonds. The Hall–Kier alpha value is -6.70. The highest BCUT2D eigenvalue weighted by Crippen LogP contribution is 2.26. The summed E-state index contributed by atoms with van der Waals surface area (Å²) in [4.78, 5) is 185. The van der Waals surface area contributed by atoms with E-state index < -0.39 is 180 Å². The van der Waals surface area contributed by atoms with Crippen LogP contribution >= 0.6 is 0 Å². The lowest BCUT2D eigenvalue weighted by Crippen LogP contribution is -2.64. The van der Waals surface area contributed by atoms with Crippen LogP contribution in [0.5, 0.6) is 0 Å². The molecule has 0 radical (unpaired) electrons. The fraction of sp³-hybridized carbons (Fsp3) is 0.800. The molecule has 0 spiro atoms. The molecule has 0 aromatic rings. The second-order valence-corrected chi connectivity index (χ2v) is 29.8. The van der Waals surface area contributed by atoms with Gasteiger partial charge in [0.15, 0.2) is 0 Å². The summed E-state index contributed by atoms with van der Waals surface area (Å²) < 4.78 is 11.3. The molecule has 96 heavy (non-hydrogen) atoms. The number of hydrogen-bond donors (Lipinski definition) is 5. The van der Waals surface area contributed by atoms with Gasteiger partial charge in [-0.25, -0.2) is 4.79 Å². The fourth-order valence-corrected chi connectivity index (χ4v) is 11.7. The van der Waals surface area contributed by atoms with E-state index in [0.29, 0.717) is 6.42 Å². The molecule has 5 N–H and O–H groups in total. The monoisotopic (exact) mass is 1360 g/mol. The molecule has 550 valence electrons. The van der Waals surface area contributed by atoms with Crippen LogP contribution in [0.3, 0.4) is 0 Å². The number of ether oxygens (including phenoxy) is 2. The summed E-state index contributed by atoms with van der Waals surface area (Å²) in [6.07, 6.45) is 3.02. The highest BCUT2D eigenvalue weighted by atomic mass is 16.6. The van der Waals surface area contributed by atoms with Gasteiger partial charge < -0.3 is 70.1 Å². The SMILES string of the molecule is C/C=C/C[C@@H](C)[C@@H](O)[C@H]1C(=O)N[C@@H](CC)C(=O)N(C)[C@H](COCC(=O)OC(C)(C)C)C(=O)N(C)[C@@H](CC(C)C)C(=O)N[C@H](C(C)C)C(=O)N(C)[C@H](CC(C)C)C(=O)N[C@H](C)C(=O)N[C@@H](C)C(=O)N(C)[C@@H](CC(C)C)C(=O)N(C)[C@@H](CCC(C)C)C(=O)N(C)[C@@H](C(C)C)C(=O)N1C. The van der Waals surface area contributed by atoms with E-state index in [1.165, 1.54) is 82.8 Å². The number of carbonyl (C=O) groups is 12. The van der Waals surface area contributed by atoms with E-state index in [-0.39, 0.29) is 62.2 Å². The van der Waals surface area contributed by atoms with E-state index >= 15 is 28.8 Å². The van der Waals surface area contributed by atoms with Crippen molar-refractivity contribution in [3.63, 3.8) is 0 Å². The van der Waals surface area contributed by atoms with Crippen molar-refractivity contribution in [3.05, 3.63) is 12.2 Å². The summed E-state index contributed by atoms with van der Waals surface area (Å²) in [6, 6.07) is -14.7. The van der Waals surface area contributed by atoms with Crippen molar-refractivity contribution in [2.75, 3.05) is 62.5 Å². The summed E-state index contributed by atoms with van der Waals surface area (Å²) in [5.41, 5.74) is -0.913. The minimum absolute atomic E-state index is 0.0367. The third-order valence-corrected chi connectivity index (χ3v) is 17.6. The molecule has 1 saturated heterocycles. The highest BCUT2D eigenvalue weighted by molar-refractivity contribution is 6.00. The lowest BCUT2D eigenvalue weighted by atomic mass is 9.91. The van der Waals surface area contributed by atoms with Gasteiger partial charge in [0.05, 0.1) is 12.7 Å². The van der Waals surface area contributed by atoms with Crippen LogP contribution in [0, 0.1) is 41.4 Å². The molecule has 1 aliphatic rings. The Morgan fingerprint density at radius 1 is 0.500 bits per heavy atom. The number of rotatable bonds is 20. The van der Waals surface area contributed by atoms with E-state index in [4.69, 9.17) is 9.47 Å². The van der Waals surface area contributed by atoms with E-state index in [0.717, 1.165) is 14.7 Å². The summed E-state index contributed by atoms with van der Waals surface area (Å²) in [6.45, 7) is 33.4. The Bertz CT molecular complexity index is 2660. The number of allylic oxidation sites excluding steroid dienone is 2. The molecule has 26 nitrogen and oxygen atoms in total. The fourth-order valence-electron chi connectivity index (χ4n) is 11.7. The zero-order valence-electron chi connectivity index (χ0n) is 63.3. The predicted molar refractivity (Wildman–Crippen MR) is 369 cm³/mol. The van der Waals surface area contributed by atoms with Crippen molar-refractivity contribution >= 4 is 70.9 Å². The normalized spacial score (nSPS) is 26.1. The lowest BCUT2D eigenvalue weighted by molar-refractivity contribution is -0.163. The average molecular weight is 1360 g/mol. The molecule has 0 aromatic heterocycles. The third-order valence-electron chi connectivity index (χ3n) is 17.6. The molecule has 1 rings (SSSR count). The standard InChI is InChI=1S/C70H125N11O15/c1-28-30-31-45(15)58(83)57-62(87)73-48(29-2)64(89)79(25)53(37-95-38-54(82)96-70(18,19)20)67(92)76(22)51(35-41(7)8)61(86)74-55(43(11)12)68(93)77(23)50(34-40(5)6)60(85)71-46(16)59(84)72-47(17)63(88)78(24)52(36-42(9)10)66(91)75(21)49(33-32-39(3)4)65(90)80(26)56(44(13)14)69(94)81(57)27/h28,30,39-53,55-58,83H,29,31-38H2,1-27H3,(H,71,85)(H,72,84)(H,73,87)(H,74,86)/b30-28+/t45-,46-,47+,48+,49+,50-,51+,52+,53-,55-,56+,57+,58-/m1/s1. The summed E-state index contributed by atoms with van der Waals surface area (Å²) in [5, 5.41) is 23.3. The van der Waals surface area contributed by atoms with Crippen molar-refractivity contribution in [2.45, 2.75) is 262 Å². The van der Waals surface area contributed by atoms with E-state index in [2.05, 4.69) is 21.3 Å². The molecule has 0 bridgehead atoms. The quantitative estimate of drug-likeness (QED) is 0.0834. The first-order valence-electron chi connectivity index (χ1n) is 34.4. The number of amides is 11. The van der Waals surface area contributed by atoms with Gasteiger partial charge in [-0.1, -0.05) is 109 Å². The Morgan fingerprint density at radius 3 is 1.41 bits per heavy atom. The van der Waals surface area contributed by atoms with Crippen LogP contribution in [0.4, 0.5) is 0 Å². The van der Waals surface area contributed by atoms with Crippen molar-refractivity contribution in [2.24, 2.45) is 41.4 Å².